The van der Waals surface area contributed by atoms with Gasteiger partial charge >= 0.3 is 6.36 Å². The van der Waals surface area contributed by atoms with E-state index in [-0.39, 0.29) is 17.7 Å². The second-order valence-corrected chi connectivity index (χ2v) is 6.56. The van der Waals surface area contributed by atoms with Crippen molar-refractivity contribution in [1.29, 1.82) is 0 Å². The number of aromatic nitrogens is 3. The molecular formula is C20H19F3N4O2. The van der Waals surface area contributed by atoms with Crippen LogP contribution in [0.3, 0.4) is 0 Å². The van der Waals surface area contributed by atoms with Crippen LogP contribution in [0, 0.1) is 0 Å². The van der Waals surface area contributed by atoms with Crippen molar-refractivity contribution >= 4 is 5.91 Å². The van der Waals surface area contributed by atoms with Crippen molar-refractivity contribution in [1.82, 2.24) is 20.1 Å². The SMILES string of the molecule is CC(=O)NC(C)Cc1ccc(-c2ncn(-c3ccc(OC(F)(F)F)cc3)n2)cc1. The molecule has 1 unspecified atom stereocenters. The van der Waals surface area contributed by atoms with Gasteiger partial charge in [-0.05, 0) is 43.2 Å². The summed E-state index contributed by atoms with van der Waals surface area (Å²) in [5.74, 6) is 0.120. The van der Waals surface area contributed by atoms with Crippen molar-refractivity contribution in [2.45, 2.75) is 32.7 Å². The lowest BCUT2D eigenvalue weighted by molar-refractivity contribution is -0.274. The number of rotatable bonds is 6. The highest BCUT2D eigenvalue weighted by molar-refractivity contribution is 5.73. The molecule has 9 heteroatoms. The number of nitrogens with zero attached hydrogens (tertiary/aromatic N) is 3. The minimum atomic E-state index is -4.73. The van der Waals surface area contributed by atoms with Gasteiger partial charge < -0.3 is 10.1 Å². The van der Waals surface area contributed by atoms with Gasteiger partial charge in [-0.1, -0.05) is 24.3 Å². The van der Waals surface area contributed by atoms with Crippen molar-refractivity contribution < 1.29 is 22.7 Å². The molecule has 0 aliphatic rings. The molecule has 0 spiro atoms. The van der Waals surface area contributed by atoms with Crippen LogP contribution in [0.5, 0.6) is 5.75 Å². The highest BCUT2D eigenvalue weighted by Crippen LogP contribution is 2.24. The lowest BCUT2D eigenvalue weighted by Crippen LogP contribution is -2.31. The molecule has 0 saturated heterocycles. The quantitative estimate of drug-likeness (QED) is 0.677. The van der Waals surface area contributed by atoms with Crippen LogP contribution >= 0.6 is 0 Å². The minimum Gasteiger partial charge on any atom is -0.406 e. The van der Waals surface area contributed by atoms with Crippen LogP contribution in [0.2, 0.25) is 0 Å². The smallest absolute Gasteiger partial charge is 0.406 e. The van der Waals surface area contributed by atoms with E-state index in [0.717, 1.165) is 11.1 Å². The maximum Gasteiger partial charge on any atom is 0.573 e. The third-order valence-electron chi connectivity index (χ3n) is 4.03. The van der Waals surface area contributed by atoms with E-state index in [4.69, 9.17) is 0 Å². The summed E-state index contributed by atoms with van der Waals surface area (Å²) >= 11 is 0. The van der Waals surface area contributed by atoms with E-state index in [1.807, 2.05) is 31.2 Å². The van der Waals surface area contributed by atoms with Crippen LogP contribution in [0.1, 0.15) is 19.4 Å². The Kier molecular flexibility index (Phi) is 5.86. The molecule has 1 N–H and O–H groups in total. The van der Waals surface area contributed by atoms with Crippen LogP contribution < -0.4 is 10.1 Å². The van der Waals surface area contributed by atoms with Gasteiger partial charge in [0.1, 0.15) is 12.1 Å². The van der Waals surface area contributed by atoms with E-state index in [1.165, 1.54) is 42.2 Å². The molecule has 2 aromatic carbocycles. The van der Waals surface area contributed by atoms with Gasteiger partial charge in [-0.15, -0.1) is 18.3 Å². The third kappa shape index (κ3) is 5.81. The van der Waals surface area contributed by atoms with Gasteiger partial charge in [0, 0.05) is 18.5 Å². The molecule has 0 saturated carbocycles. The van der Waals surface area contributed by atoms with Crippen LogP contribution in [0.4, 0.5) is 13.2 Å². The maximum absolute atomic E-state index is 12.2. The normalized spacial score (nSPS) is 12.4. The fraction of sp³-hybridized carbons (Fsp3) is 0.250. The molecule has 1 heterocycles. The summed E-state index contributed by atoms with van der Waals surface area (Å²) in [6, 6.07) is 13.0. The maximum atomic E-state index is 12.2. The lowest BCUT2D eigenvalue weighted by Gasteiger charge is -2.12. The van der Waals surface area contributed by atoms with Crippen molar-refractivity contribution in [2.75, 3.05) is 0 Å². The van der Waals surface area contributed by atoms with Gasteiger partial charge in [0.25, 0.3) is 0 Å². The van der Waals surface area contributed by atoms with Crippen LogP contribution in [0.15, 0.2) is 54.9 Å². The molecule has 1 amide bonds. The highest BCUT2D eigenvalue weighted by Gasteiger charge is 2.31. The minimum absolute atomic E-state index is 0.0278. The molecule has 0 aliphatic heterocycles. The lowest BCUT2D eigenvalue weighted by atomic mass is 10.0. The molecule has 0 fully saturated rings. The molecule has 152 valence electrons. The summed E-state index contributed by atoms with van der Waals surface area (Å²) in [7, 11) is 0. The second-order valence-electron chi connectivity index (χ2n) is 6.56. The number of benzene rings is 2. The Hall–Kier alpha value is -3.36. The monoisotopic (exact) mass is 404 g/mol. The van der Waals surface area contributed by atoms with E-state index in [2.05, 4.69) is 20.1 Å². The molecular weight excluding hydrogens is 385 g/mol. The Morgan fingerprint density at radius 3 is 2.38 bits per heavy atom. The Balaban J connectivity index is 1.69. The number of carbonyl (C=O) groups excluding carboxylic acids is 1. The zero-order valence-electron chi connectivity index (χ0n) is 15.8. The van der Waals surface area contributed by atoms with Gasteiger partial charge in [-0.25, -0.2) is 9.67 Å². The number of hydrogen-bond acceptors (Lipinski definition) is 4. The fourth-order valence-corrected chi connectivity index (χ4v) is 2.86. The molecule has 3 aromatic rings. The summed E-state index contributed by atoms with van der Waals surface area (Å²) in [5.41, 5.74) is 2.42. The Labute approximate surface area is 165 Å². The summed E-state index contributed by atoms with van der Waals surface area (Å²) < 4.78 is 42.1. The van der Waals surface area contributed by atoms with Crippen molar-refractivity contribution in [3.05, 3.63) is 60.4 Å². The van der Waals surface area contributed by atoms with E-state index in [0.29, 0.717) is 17.9 Å². The fourth-order valence-electron chi connectivity index (χ4n) is 2.86. The number of ether oxygens (including phenoxy) is 1. The molecule has 1 aromatic heterocycles. The summed E-state index contributed by atoms with van der Waals surface area (Å²) in [4.78, 5) is 15.4. The van der Waals surface area contributed by atoms with Gasteiger partial charge in [0.2, 0.25) is 5.91 Å². The predicted molar refractivity (Wildman–Crippen MR) is 100 cm³/mol. The van der Waals surface area contributed by atoms with Gasteiger partial charge in [0.05, 0.1) is 5.69 Å². The number of nitrogens with one attached hydrogen (secondary N) is 1. The standard InChI is InChI=1S/C20H19F3N4O2/c1-13(25-14(2)28)11-15-3-5-16(6-4-15)19-24-12-27(26-19)17-7-9-18(10-8-17)29-20(21,22)23/h3-10,12-13H,11H2,1-2H3,(H,25,28). The summed E-state index contributed by atoms with van der Waals surface area (Å²) in [6.45, 7) is 3.42. The zero-order chi connectivity index (χ0) is 21.0. The van der Waals surface area contributed by atoms with Crippen molar-refractivity contribution in [3.8, 4) is 22.8 Å². The first-order valence-electron chi connectivity index (χ1n) is 8.84. The first kappa shape index (κ1) is 20.4. The van der Waals surface area contributed by atoms with Gasteiger partial charge in [-0.3, -0.25) is 4.79 Å². The molecule has 1 atom stereocenters. The van der Waals surface area contributed by atoms with Gasteiger partial charge in [0.15, 0.2) is 5.82 Å². The number of hydrogen-bond donors (Lipinski definition) is 1. The summed E-state index contributed by atoms with van der Waals surface area (Å²) in [6.07, 6.45) is -2.54. The number of amides is 1. The average molecular weight is 404 g/mol. The first-order valence-corrected chi connectivity index (χ1v) is 8.84. The van der Waals surface area contributed by atoms with E-state index >= 15 is 0 Å². The Morgan fingerprint density at radius 2 is 1.79 bits per heavy atom. The second kappa shape index (κ2) is 8.34. The van der Waals surface area contributed by atoms with Crippen LogP contribution in [-0.4, -0.2) is 33.1 Å². The first-order chi connectivity index (χ1) is 13.7. The predicted octanol–water partition coefficient (Wildman–Crippen LogP) is 3.90. The van der Waals surface area contributed by atoms with Gasteiger partial charge in [-0.2, -0.15) is 0 Å². The van der Waals surface area contributed by atoms with Crippen LogP contribution in [-0.2, 0) is 11.2 Å². The van der Waals surface area contributed by atoms with E-state index < -0.39 is 6.36 Å². The van der Waals surface area contributed by atoms with Crippen LogP contribution in [0.25, 0.3) is 17.1 Å². The number of halogens is 3. The number of alkyl halides is 3. The summed E-state index contributed by atoms with van der Waals surface area (Å²) in [5, 5.41) is 7.21. The molecule has 0 aliphatic carbocycles. The molecule has 0 bridgehead atoms. The number of carbonyl (C=O) groups is 1. The Bertz CT molecular complexity index is 967. The Morgan fingerprint density at radius 1 is 1.14 bits per heavy atom. The van der Waals surface area contributed by atoms with Crippen molar-refractivity contribution in [2.24, 2.45) is 0 Å². The van der Waals surface area contributed by atoms with E-state index in [9.17, 15) is 18.0 Å². The highest BCUT2D eigenvalue weighted by atomic mass is 19.4. The third-order valence-corrected chi connectivity index (χ3v) is 4.03. The molecule has 0 radical (unpaired) electrons. The topological polar surface area (TPSA) is 69.0 Å². The molecule has 3 rings (SSSR count). The van der Waals surface area contributed by atoms with Crippen molar-refractivity contribution in [3.63, 3.8) is 0 Å². The van der Waals surface area contributed by atoms with E-state index in [1.54, 1.807) is 0 Å². The average Bonchev–Trinajstić information content (AvgIpc) is 3.11. The zero-order valence-corrected chi connectivity index (χ0v) is 15.8. The molecule has 29 heavy (non-hydrogen) atoms. The molecule has 6 nitrogen and oxygen atoms in total. The largest absolute Gasteiger partial charge is 0.573 e.